The highest BCUT2D eigenvalue weighted by Crippen LogP contribution is 2.44. The summed E-state index contributed by atoms with van der Waals surface area (Å²) in [4.78, 5) is 39.0. The largest absolute Gasteiger partial charge is 0.330 e. The molecule has 0 atom stereocenters. The number of rotatable bonds is 3. The first-order valence-electron chi connectivity index (χ1n) is 9.38. The van der Waals surface area contributed by atoms with Crippen LogP contribution in [0.4, 0.5) is 5.95 Å². The average molecular weight is 344 g/mol. The van der Waals surface area contributed by atoms with Gasteiger partial charge in [-0.15, -0.1) is 0 Å². The van der Waals surface area contributed by atoms with E-state index in [1.807, 2.05) is 6.07 Å². The molecule has 3 fully saturated rings. The summed E-state index contributed by atoms with van der Waals surface area (Å²) in [5, 5.41) is 0. The van der Waals surface area contributed by atoms with Gasteiger partial charge < -0.3 is 9.80 Å². The summed E-state index contributed by atoms with van der Waals surface area (Å²) in [6, 6.07) is 1.82. The molecule has 0 aromatic carbocycles. The molecule has 7 heteroatoms. The molecule has 134 valence electrons. The van der Waals surface area contributed by atoms with Gasteiger partial charge in [0.1, 0.15) is 0 Å². The first-order chi connectivity index (χ1) is 12.2. The highest BCUT2D eigenvalue weighted by molar-refractivity contribution is 6.05. The maximum absolute atomic E-state index is 12.9. The van der Waals surface area contributed by atoms with Crippen molar-refractivity contribution >= 4 is 17.8 Å². The van der Waals surface area contributed by atoms with Crippen LogP contribution >= 0.6 is 0 Å². The summed E-state index contributed by atoms with van der Waals surface area (Å²) in [5.74, 6) is 0.891. The normalized spacial score (nSPS) is 24.3. The number of likely N-dealkylation sites (tertiary alicyclic amines) is 1. The summed E-state index contributed by atoms with van der Waals surface area (Å²) >= 11 is 0. The second kappa shape index (κ2) is 6.71. The predicted octanol–water partition coefficient (Wildman–Crippen LogP) is -0.152. The average Bonchev–Trinajstić information content (AvgIpc) is 2.88. The molecule has 1 aromatic heterocycles. The van der Waals surface area contributed by atoms with Gasteiger partial charge in [0.2, 0.25) is 17.8 Å². The van der Waals surface area contributed by atoms with Gasteiger partial charge in [0, 0.05) is 18.8 Å². The number of quaternary nitrogens is 1. The molecule has 2 aliphatic heterocycles. The zero-order valence-corrected chi connectivity index (χ0v) is 14.6. The number of nitrogens with zero attached hydrogens (tertiary/aromatic N) is 4. The molecule has 0 unspecified atom stereocenters. The van der Waals surface area contributed by atoms with Crippen molar-refractivity contribution in [2.24, 2.45) is 5.41 Å². The molecule has 1 saturated carbocycles. The number of nitrogens with one attached hydrogen (secondary N) is 1. The molecule has 2 saturated heterocycles. The molecular formula is C18H26N5O2+. The van der Waals surface area contributed by atoms with Crippen molar-refractivity contribution in [1.82, 2.24) is 14.9 Å². The minimum atomic E-state index is -0.367. The van der Waals surface area contributed by atoms with Crippen LogP contribution in [0.2, 0.25) is 0 Å². The van der Waals surface area contributed by atoms with Crippen LogP contribution in [0.1, 0.15) is 38.5 Å². The van der Waals surface area contributed by atoms with Crippen molar-refractivity contribution in [2.75, 3.05) is 37.7 Å². The van der Waals surface area contributed by atoms with Crippen LogP contribution in [-0.4, -0.2) is 59.5 Å². The Balaban J connectivity index is 1.35. The van der Waals surface area contributed by atoms with Crippen molar-refractivity contribution in [1.29, 1.82) is 0 Å². The van der Waals surface area contributed by atoms with Crippen molar-refractivity contribution in [3.05, 3.63) is 18.5 Å². The van der Waals surface area contributed by atoms with E-state index in [0.717, 1.165) is 57.8 Å². The van der Waals surface area contributed by atoms with Gasteiger partial charge in [0.15, 0.2) is 6.67 Å². The molecule has 4 rings (SSSR count). The van der Waals surface area contributed by atoms with Crippen molar-refractivity contribution in [3.63, 3.8) is 0 Å². The number of piperazine rings is 1. The SMILES string of the molecule is O=C1CC2(CCCCC2)C(=O)N1C[NH+]1CCN(c2ncccn2)CC1. The molecule has 3 heterocycles. The van der Waals surface area contributed by atoms with Gasteiger partial charge in [-0.2, -0.15) is 0 Å². The van der Waals surface area contributed by atoms with Gasteiger partial charge in [0.05, 0.1) is 31.6 Å². The van der Waals surface area contributed by atoms with Gasteiger partial charge in [-0.05, 0) is 18.9 Å². The zero-order valence-electron chi connectivity index (χ0n) is 14.6. The first-order valence-corrected chi connectivity index (χ1v) is 9.38. The third-order valence-electron chi connectivity index (χ3n) is 5.99. The number of imide groups is 1. The number of carbonyl (C=O) groups excluding carboxylic acids is 2. The van der Waals surface area contributed by atoms with Crippen LogP contribution in [-0.2, 0) is 9.59 Å². The van der Waals surface area contributed by atoms with E-state index >= 15 is 0 Å². The van der Waals surface area contributed by atoms with E-state index in [9.17, 15) is 9.59 Å². The third kappa shape index (κ3) is 3.13. The van der Waals surface area contributed by atoms with Gasteiger partial charge in [0.25, 0.3) is 0 Å². The molecule has 1 aromatic rings. The molecule has 3 aliphatic rings. The maximum atomic E-state index is 12.9. The lowest BCUT2D eigenvalue weighted by Gasteiger charge is -2.34. The van der Waals surface area contributed by atoms with Crippen LogP contribution in [0.15, 0.2) is 18.5 Å². The Labute approximate surface area is 148 Å². The molecule has 1 aliphatic carbocycles. The zero-order chi connectivity index (χ0) is 17.3. The monoisotopic (exact) mass is 344 g/mol. The Morgan fingerprint density at radius 1 is 1.04 bits per heavy atom. The minimum Gasteiger partial charge on any atom is -0.330 e. The van der Waals surface area contributed by atoms with Crippen molar-refractivity contribution in [3.8, 4) is 0 Å². The van der Waals surface area contributed by atoms with Crippen LogP contribution in [0.3, 0.4) is 0 Å². The fraction of sp³-hybridized carbons (Fsp3) is 0.667. The van der Waals surface area contributed by atoms with E-state index in [0.29, 0.717) is 13.1 Å². The second-order valence-electron chi connectivity index (χ2n) is 7.59. The van der Waals surface area contributed by atoms with Gasteiger partial charge in [-0.1, -0.05) is 19.3 Å². The standard InChI is InChI=1S/C18H25N5O2/c24-15-13-18(5-2-1-3-6-18)16(25)23(15)14-21-9-11-22(12-10-21)17-19-7-4-8-20-17/h4,7-8H,1-3,5-6,9-14H2/p+1. The summed E-state index contributed by atoms with van der Waals surface area (Å²) in [6.45, 7) is 3.99. The minimum absolute atomic E-state index is 0.0354. The smallest absolute Gasteiger partial charge is 0.240 e. The summed E-state index contributed by atoms with van der Waals surface area (Å²) in [6.07, 6.45) is 9.08. The predicted molar refractivity (Wildman–Crippen MR) is 91.8 cm³/mol. The highest BCUT2D eigenvalue weighted by Gasteiger charge is 2.52. The van der Waals surface area contributed by atoms with E-state index in [1.165, 1.54) is 11.3 Å². The molecule has 1 N–H and O–H groups in total. The lowest BCUT2D eigenvalue weighted by atomic mass is 9.73. The van der Waals surface area contributed by atoms with Crippen LogP contribution in [0.25, 0.3) is 0 Å². The Hall–Kier alpha value is -2.02. The lowest BCUT2D eigenvalue weighted by molar-refractivity contribution is -0.908. The van der Waals surface area contributed by atoms with Gasteiger partial charge >= 0.3 is 0 Å². The van der Waals surface area contributed by atoms with E-state index in [1.54, 1.807) is 17.3 Å². The Morgan fingerprint density at radius 2 is 1.72 bits per heavy atom. The molecule has 0 bridgehead atoms. The van der Waals surface area contributed by atoms with E-state index in [4.69, 9.17) is 0 Å². The number of carbonyl (C=O) groups is 2. The number of amides is 2. The Bertz CT molecular complexity index is 636. The summed E-state index contributed by atoms with van der Waals surface area (Å²) in [5.41, 5.74) is -0.367. The number of aromatic nitrogens is 2. The topological polar surface area (TPSA) is 70.8 Å². The van der Waals surface area contributed by atoms with Gasteiger partial charge in [-0.3, -0.25) is 9.59 Å². The van der Waals surface area contributed by atoms with Crippen LogP contribution in [0.5, 0.6) is 0 Å². The maximum Gasteiger partial charge on any atom is 0.240 e. The Morgan fingerprint density at radius 3 is 2.40 bits per heavy atom. The summed E-state index contributed by atoms with van der Waals surface area (Å²) < 4.78 is 0. The lowest BCUT2D eigenvalue weighted by Crippen LogP contribution is -3.16. The molecule has 7 nitrogen and oxygen atoms in total. The first kappa shape index (κ1) is 16.4. The second-order valence-corrected chi connectivity index (χ2v) is 7.59. The number of hydrogen-bond acceptors (Lipinski definition) is 5. The van der Waals surface area contributed by atoms with E-state index in [2.05, 4.69) is 14.9 Å². The molecule has 25 heavy (non-hydrogen) atoms. The quantitative estimate of drug-likeness (QED) is 0.772. The van der Waals surface area contributed by atoms with Crippen molar-refractivity contribution in [2.45, 2.75) is 38.5 Å². The molecule has 0 radical (unpaired) electrons. The number of anilines is 1. The van der Waals surface area contributed by atoms with Crippen LogP contribution in [0, 0.1) is 5.41 Å². The van der Waals surface area contributed by atoms with E-state index in [-0.39, 0.29) is 17.2 Å². The van der Waals surface area contributed by atoms with Crippen LogP contribution < -0.4 is 9.80 Å². The highest BCUT2D eigenvalue weighted by atomic mass is 16.2. The molecule has 2 amide bonds. The van der Waals surface area contributed by atoms with Crippen molar-refractivity contribution < 1.29 is 14.5 Å². The fourth-order valence-electron chi connectivity index (χ4n) is 4.50. The summed E-state index contributed by atoms with van der Waals surface area (Å²) in [7, 11) is 0. The number of hydrogen-bond donors (Lipinski definition) is 1. The Kier molecular flexibility index (Phi) is 4.41. The third-order valence-corrected chi connectivity index (χ3v) is 5.99. The van der Waals surface area contributed by atoms with E-state index < -0.39 is 0 Å². The van der Waals surface area contributed by atoms with Gasteiger partial charge in [-0.25, -0.2) is 14.9 Å². The fourth-order valence-corrected chi connectivity index (χ4v) is 4.50. The molecular weight excluding hydrogens is 318 g/mol. The molecule has 1 spiro atoms.